The number of aromatic nitrogens is 2. The van der Waals surface area contributed by atoms with Gasteiger partial charge in [0.2, 0.25) is 0 Å². The second-order valence-corrected chi connectivity index (χ2v) is 5.35. The van der Waals surface area contributed by atoms with Crippen LogP contribution in [0.5, 0.6) is 0 Å². The number of aliphatic hydroxyl groups excluding tert-OH is 1. The van der Waals surface area contributed by atoms with Gasteiger partial charge in [0.25, 0.3) is 0 Å². The molecule has 0 aliphatic heterocycles. The van der Waals surface area contributed by atoms with E-state index < -0.39 is 0 Å². The van der Waals surface area contributed by atoms with E-state index in [0.29, 0.717) is 6.61 Å². The van der Waals surface area contributed by atoms with E-state index in [1.807, 2.05) is 13.8 Å². The van der Waals surface area contributed by atoms with E-state index in [-0.39, 0.29) is 0 Å². The number of aliphatic hydroxyl groups is 1. The summed E-state index contributed by atoms with van der Waals surface area (Å²) in [6.45, 7) is 6.45. The second kappa shape index (κ2) is 7.67. The maximum Gasteiger partial charge on any atom is 0.187 e. The molecule has 17 heavy (non-hydrogen) atoms. The fraction of sp³-hybridized carbons (Fsp3) is 0.692. The standard InChI is InChI=1S/C13H22N2OS/c1-10-11(2)14-13(15-12(10)3)17-9-7-5-4-6-8-16/h16H,4-9H2,1-3H3. The Morgan fingerprint density at radius 2 is 1.53 bits per heavy atom. The summed E-state index contributed by atoms with van der Waals surface area (Å²) >= 11 is 1.73. The predicted molar refractivity (Wildman–Crippen MR) is 72.5 cm³/mol. The summed E-state index contributed by atoms with van der Waals surface area (Å²) in [5.74, 6) is 1.06. The molecule has 1 rings (SSSR count). The first kappa shape index (κ1) is 14.5. The van der Waals surface area contributed by atoms with Crippen molar-refractivity contribution in [1.29, 1.82) is 0 Å². The number of hydrogen-bond donors (Lipinski definition) is 1. The summed E-state index contributed by atoms with van der Waals surface area (Å²) in [4.78, 5) is 8.96. The largest absolute Gasteiger partial charge is 0.396 e. The van der Waals surface area contributed by atoms with Crippen molar-refractivity contribution in [3.05, 3.63) is 17.0 Å². The first-order valence-corrected chi connectivity index (χ1v) is 7.19. The van der Waals surface area contributed by atoms with Crippen LogP contribution >= 0.6 is 11.8 Å². The Morgan fingerprint density at radius 3 is 2.12 bits per heavy atom. The lowest BCUT2D eigenvalue weighted by Gasteiger charge is -2.06. The summed E-state index contributed by atoms with van der Waals surface area (Å²) < 4.78 is 0. The molecule has 0 bridgehead atoms. The molecule has 0 radical (unpaired) electrons. The Bertz CT molecular complexity index is 332. The van der Waals surface area contributed by atoms with E-state index >= 15 is 0 Å². The van der Waals surface area contributed by atoms with Crippen LogP contribution in [0.3, 0.4) is 0 Å². The molecule has 0 saturated carbocycles. The van der Waals surface area contributed by atoms with Gasteiger partial charge in [-0.05, 0) is 39.2 Å². The van der Waals surface area contributed by atoms with Crippen molar-refractivity contribution in [2.45, 2.75) is 51.6 Å². The summed E-state index contributed by atoms with van der Waals surface area (Å²) in [6, 6.07) is 0. The van der Waals surface area contributed by atoms with Crippen LogP contribution in [0.4, 0.5) is 0 Å². The fourth-order valence-corrected chi connectivity index (χ4v) is 2.47. The van der Waals surface area contributed by atoms with Crippen LogP contribution in [0.1, 0.15) is 42.6 Å². The molecule has 0 fully saturated rings. The van der Waals surface area contributed by atoms with Crippen molar-refractivity contribution in [3.63, 3.8) is 0 Å². The van der Waals surface area contributed by atoms with E-state index in [1.54, 1.807) is 11.8 Å². The van der Waals surface area contributed by atoms with E-state index in [4.69, 9.17) is 5.11 Å². The Hall–Kier alpha value is -0.610. The van der Waals surface area contributed by atoms with Crippen molar-refractivity contribution >= 4 is 11.8 Å². The molecule has 1 heterocycles. The van der Waals surface area contributed by atoms with E-state index in [2.05, 4.69) is 16.9 Å². The van der Waals surface area contributed by atoms with Crippen LogP contribution in [-0.2, 0) is 0 Å². The van der Waals surface area contributed by atoms with Gasteiger partial charge in [0.15, 0.2) is 5.16 Å². The van der Waals surface area contributed by atoms with Gasteiger partial charge in [0.05, 0.1) is 0 Å². The van der Waals surface area contributed by atoms with Crippen molar-refractivity contribution in [2.75, 3.05) is 12.4 Å². The highest BCUT2D eigenvalue weighted by Crippen LogP contribution is 2.18. The quantitative estimate of drug-likeness (QED) is 0.461. The zero-order valence-corrected chi connectivity index (χ0v) is 11.8. The number of nitrogens with zero attached hydrogens (tertiary/aromatic N) is 2. The lowest BCUT2D eigenvalue weighted by atomic mass is 10.2. The Kier molecular flexibility index (Phi) is 6.52. The molecule has 0 aliphatic carbocycles. The van der Waals surface area contributed by atoms with Crippen LogP contribution in [0.25, 0.3) is 0 Å². The molecule has 0 amide bonds. The molecular formula is C13H22N2OS. The van der Waals surface area contributed by atoms with Gasteiger partial charge in [-0.15, -0.1) is 0 Å². The lowest BCUT2D eigenvalue weighted by Crippen LogP contribution is -1.98. The average molecular weight is 254 g/mol. The predicted octanol–water partition coefficient (Wildman–Crippen LogP) is 3.05. The third-order valence-electron chi connectivity index (χ3n) is 2.90. The fourth-order valence-electron chi connectivity index (χ4n) is 1.54. The molecule has 0 unspecified atom stereocenters. The molecular weight excluding hydrogens is 232 g/mol. The highest BCUT2D eigenvalue weighted by Gasteiger charge is 2.04. The second-order valence-electron chi connectivity index (χ2n) is 4.29. The zero-order chi connectivity index (χ0) is 12.7. The van der Waals surface area contributed by atoms with Crippen molar-refractivity contribution in [1.82, 2.24) is 9.97 Å². The summed E-state index contributed by atoms with van der Waals surface area (Å²) in [7, 11) is 0. The topological polar surface area (TPSA) is 46.0 Å². The number of unbranched alkanes of at least 4 members (excludes halogenated alkanes) is 3. The van der Waals surface area contributed by atoms with Crippen LogP contribution < -0.4 is 0 Å². The Labute approximate surface area is 108 Å². The molecule has 1 aromatic rings. The molecule has 0 saturated heterocycles. The van der Waals surface area contributed by atoms with Gasteiger partial charge in [0, 0.05) is 23.7 Å². The minimum absolute atomic E-state index is 0.312. The maximum atomic E-state index is 8.66. The molecule has 0 atom stereocenters. The van der Waals surface area contributed by atoms with Gasteiger partial charge in [-0.2, -0.15) is 0 Å². The number of hydrogen-bond acceptors (Lipinski definition) is 4. The highest BCUT2D eigenvalue weighted by molar-refractivity contribution is 7.99. The van der Waals surface area contributed by atoms with Gasteiger partial charge >= 0.3 is 0 Å². The van der Waals surface area contributed by atoms with Crippen molar-refractivity contribution in [2.24, 2.45) is 0 Å². The van der Waals surface area contributed by atoms with Gasteiger partial charge in [-0.1, -0.05) is 24.6 Å². The van der Waals surface area contributed by atoms with Crippen molar-refractivity contribution < 1.29 is 5.11 Å². The van der Waals surface area contributed by atoms with Gasteiger partial charge in [-0.25, -0.2) is 9.97 Å². The summed E-state index contributed by atoms with van der Waals surface area (Å²) in [5, 5.41) is 9.56. The molecule has 4 heteroatoms. The van der Waals surface area contributed by atoms with Gasteiger partial charge in [-0.3, -0.25) is 0 Å². The molecule has 3 nitrogen and oxygen atoms in total. The molecule has 1 aromatic heterocycles. The normalized spacial score (nSPS) is 10.8. The first-order chi connectivity index (χ1) is 8.15. The molecule has 0 aliphatic rings. The highest BCUT2D eigenvalue weighted by atomic mass is 32.2. The molecule has 0 spiro atoms. The summed E-state index contributed by atoms with van der Waals surface area (Å²) in [6.07, 6.45) is 4.38. The monoisotopic (exact) mass is 254 g/mol. The molecule has 96 valence electrons. The van der Waals surface area contributed by atoms with Gasteiger partial charge in [0.1, 0.15) is 0 Å². The maximum absolute atomic E-state index is 8.66. The van der Waals surface area contributed by atoms with Crippen molar-refractivity contribution in [3.8, 4) is 0 Å². The third-order valence-corrected chi connectivity index (χ3v) is 3.83. The number of thioether (sulfide) groups is 1. The van der Waals surface area contributed by atoms with E-state index in [9.17, 15) is 0 Å². The molecule has 1 N–H and O–H groups in total. The molecule has 0 aromatic carbocycles. The van der Waals surface area contributed by atoms with Crippen LogP contribution in [-0.4, -0.2) is 27.4 Å². The third kappa shape index (κ3) is 5.04. The van der Waals surface area contributed by atoms with Crippen LogP contribution in [0.15, 0.2) is 5.16 Å². The first-order valence-electron chi connectivity index (χ1n) is 6.20. The Morgan fingerprint density at radius 1 is 0.941 bits per heavy atom. The van der Waals surface area contributed by atoms with Gasteiger partial charge < -0.3 is 5.11 Å². The average Bonchev–Trinajstić information content (AvgIpc) is 2.30. The van der Waals surface area contributed by atoms with Crippen LogP contribution in [0.2, 0.25) is 0 Å². The van der Waals surface area contributed by atoms with E-state index in [1.165, 1.54) is 18.4 Å². The lowest BCUT2D eigenvalue weighted by molar-refractivity contribution is 0.283. The number of rotatable bonds is 7. The minimum atomic E-state index is 0.312. The smallest absolute Gasteiger partial charge is 0.187 e. The zero-order valence-electron chi connectivity index (χ0n) is 11.0. The SMILES string of the molecule is Cc1nc(SCCCCCCO)nc(C)c1C. The minimum Gasteiger partial charge on any atom is -0.396 e. The van der Waals surface area contributed by atoms with E-state index in [0.717, 1.165) is 35.1 Å². The van der Waals surface area contributed by atoms with Crippen LogP contribution in [0, 0.1) is 20.8 Å². The Balaban J connectivity index is 2.32. The summed E-state index contributed by atoms with van der Waals surface area (Å²) in [5.41, 5.74) is 3.36. The number of aryl methyl sites for hydroxylation is 2.